The minimum atomic E-state index is -2.54. The normalized spacial score (nSPS) is 11.9. The Hall–Kier alpha value is 0.240. The Bertz CT molecular complexity index is 463. The van der Waals surface area contributed by atoms with Crippen molar-refractivity contribution >= 4 is 64.8 Å². The molecule has 0 aliphatic carbocycles. The van der Waals surface area contributed by atoms with Crippen LogP contribution in [0.25, 0.3) is 0 Å². The van der Waals surface area contributed by atoms with Gasteiger partial charge in [-0.1, -0.05) is 0 Å². The van der Waals surface area contributed by atoms with Crippen molar-refractivity contribution in [2.45, 2.75) is 0 Å². The molecule has 92 valence electrons. The summed E-state index contributed by atoms with van der Waals surface area (Å²) in [6.07, 6.45) is 1.63. The lowest BCUT2D eigenvalue weighted by atomic mass is 10.2. The highest BCUT2D eigenvalue weighted by atomic mass is 35.9. The number of rotatable bonds is 5. The Morgan fingerprint density at radius 1 is 1.41 bits per heavy atom. The number of hydrazone groups is 1. The largest absolute Gasteiger partial charge is 0.429 e. The Kier molecular flexibility index (Phi) is 6.28. The zero-order valence-corrected chi connectivity index (χ0v) is 13.6. The van der Waals surface area contributed by atoms with Gasteiger partial charge >= 0.3 is 0 Å². The maximum absolute atomic E-state index is 5.79. The van der Waals surface area contributed by atoms with Gasteiger partial charge in [-0.05, 0) is 75.9 Å². The van der Waals surface area contributed by atoms with E-state index in [1.165, 1.54) is 4.78 Å². The molecule has 0 N–H and O–H groups in total. The topological polar surface area (TPSA) is 24.8 Å². The summed E-state index contributed by atoms with van der Waals surface area (Å²) < 4.78 is 6.51. The standard InChI is InChI=1S/C8H8Cl2N2OP2S2/c1-12(15(9,10)17)11-6-7-2-4-8(5-3-7)13-14-16/h2-6H,1H3. The molecule has 0 saturated heterocycles. The molecule has 3 nitrogen and oxygen atoms in total. The molecule has 0 spiro atoms. The van der Waals surface area contributed by atoms with Gasteiger partial charge < -0.3 is 4.52 Å². The third-order valence-corrected chi connectivity index (χ3v) is 5.04. The van der Waals surface area contributed by atoms with E-state index >= 15 is 0 Å². The van der Waals surface area contributed by atoms with Crippen LogP contribution in [0.15, 0.2) is 29.4 Å². The predicted octanol–water partition coefficient (Wildman–Crippen LogP) is 4.36. The highest BCUT2D eigenvalue weighted by Gasteiger charge is 2.12. The predicted molar refractivity (Wildman–Crippen MR) is 82.7 cm³/mol. The van der Waals surface area contributed by atoms with Crippen molar-refractivity contribution in [2.75, 3.05) is 7.05 Å². The zero-order chi connectivity index (χ0) is 12.9. The molecule has 0 aromatic heterocycles. The van der Waals surface area contributed by atoms with Crippen molar-refractivity contribution in [3.8, 4) is 5.75 Å². The van der Waals surface area contributed by atoms with Crippen molar-refractivity contribution < 1.29 is 4.52 Å². The zero-order valence-electron chi connectivity index (χ0n) is 8.66. The lowest BCUT2D eigenvalue weighted by Gasteiger charge is -2.15. The summed E-state index contributed by atoms with van der Waals surface area (Å²) in [6.45, 7) is 0. The summed E-state index contributed by atoms with van der Waals surface area (Å²) in [5, 5.41) is 4.07. The summed E-state index contributed by atoms with van der Waals surface area (Å²) in [5.74, 6) is 0.715. The quantitative estimate of drug-likeness (QED) is 0.450. The van der Waals surface area contributed by atoms with Crippen LogP contribution in [0.2, 0.25) is 0 Å². The van der Waals surface area contributed by atoms with Gasteiger partial charge in [0.05, 0.1) is 6.21 Å². The molecule has 17 heavy (non-hydrogen) atoms. The fourth-order valence-corrected chi connectivity index (χ4v) is 1.87. The van der Waals surface area contributed by atoms with Crippen LogP contribution in [0.1, 0.15) is 5.56 Å². The highest BCUT2D eigenvalue weighted by molar-refractivity contribution is 8.37. The second-order valence-corrected chi connectivity index (χ2v) is 11.4. The third kappa shape index (κ3) is 5.60. The molecule has 1 rings (SSSR count). The van der Waals surface area contributed by atoms with Gasteiger partial charge in [0.25, 0.3) is 0 Å². The maximum atomic E-state index is 5.79. The first-order valence-electron chi connectivity index (χ1n) is 4.31. The fourth-order valence-electron chi connectivity index (χ4n) is 0.868. The molecule has 0 saturated carbocycles. The molecule has 9 heteroatoms. The van der Waals surface area contributed by atoms with Crippen LogP contribution in [0.4, 0.5) is 0 Å². The van der Waals surface area contributed by atoms with Crippen LogP contribution in [-0.2, 0) is 23.6 Å². The first kappa shape index (κ1) is 15.3. The van der Waals surface area contributed by atoms with Crippen molar-refractivity contribution in [2.24, 2.45) is 5.10 Å². The van der Waals surface area contributed by atoms with Crippen LogP contribution in [0, 0.1) is 0 Å². The van der Waals surface area contributed by atoms with E-state index in [2.05, 4.69) is 16.9 Å². The lowest BCUT2D eigenvalue weighted by molar-refractivity contribution is 0.611. The molecular weight excluding hydrogens is 337 g/mol. The third-order valence-electron chi connectivity index (χ3n) is 1.73. The van der Waals surface area contributed by atoms with Crippen LogP contribution in [0.3, 0.4) is 0 Å². The van der Waals surface area contributed by atoms with E-state index in [-0.39, 0.29) is 0 Å². The van der Waals surface area contributed by atoms with E-state index in [4.69, 9.17) is 38.8 Å². The molecule has 0 amide bonds. The SMILES string of the molecule is CN(N=Cc1ccc(OP=S)cc1)P(=S)(Cl)Cl. The van der Waals surface area contributed by atoms with Crippen molar-refractivity contribution in [1.82, 2.24) is 4.78 Å². The molecule has 0 heterocycles. The van der Waals surface area contributed by atoms with Gasteiger partial charge in [-0.2, -0.15) is 5.10 Å². The Morgan fingerprint density at radius 3 is 2.47 bits per heavy atom. The minimum absolute atomic E-state index is 0.449. The van der Waals surface area contributed by atoms with E-state index in [0.29, 0.717) is 13.3 Å². The summed E-state index contributed by atoms with van der Waals surface area (Å²) in [4.78, 5) is -2.54. The smallest absolute Gasteiger partial charge is 0.222 e. The van der Waals surface area contributed by atoms with Crippen molar-refractivity contribution in [3.05, 3.63) is 29.8 Å². The molecule has 0 unspecified atom stereocenters. The fraction of sp³-hybridized carbons (Fsp3) is 0.125. The minimum Gasteiger partial charge on any atom is -0.429 e. The van der Waals surface area contributed by atoms with Crippen molar-refractivity contribution in [1.29, 1.82) is 0 Å². The summed E-state index contributed by atoms with van der Waals surface area (Å²) in [5.41, 5.74) is 0.891. The Balaban J connectivity index is 2.72. The van der Waals surface area contributed by atoms with Crippen LogP contribution < -0.4 is 4.52 Å². The molecule has 0 aliphatic rings. The molecule has 0 fully saturated rings. The van der Waals surface area contributed by atoms with E-state index in [0.717, 1.165) is 5.56 Å². The summed E-state index contributed by atoms with van der Waals surface area (Å²) >= 11 is 21.1. The second-order valence-electron chi connectivity index (χ2n) is 2.90. The van der Waals surface area contributed by atoms with E-state index in [1.54, 1.807) is 25.4 Å². The Labute approximate surface area is 121 Å². The van der Waals surface area contributed by atoms with Crippen LogP contribution in [-0.4, -0.2) is 18.0 Å². The van der Waals surface area contributed by atoms with Gasteiger partial charge in [-0.3, -0.25) is 0 Å². The van der Waals surface area contributed by atoms with E-state index in [9.17, 15) is 0 Å². The highest BCUT2D eigenvalue weighted by Crippen LogP contribution is 2.59. The number of hydrogen-bond acceptors (Lipinski definition) is 4. The van der Waals surface area contributed by atoms with Gasteiger partial charge in [0, 0.05) is 7.05 Å². The molecular formula is C8H8Cl2N2OP2S2. The Morgan fingerprint density at radius 2 is 2.00 bits per heavy atom. The monoisotopic (exact) mass is 344 g/mol. The van der Waals surface area contributed by atoms with Gasteiger partial charge in [0.15, 0.2) is 0 Å². The van der Waals surface area contributed by atoms with Gasteiger partial charge in [-0.25, -0.2) is 4.78 Å². The second kappa shape index (κ2) is 6.98. The first-order chi connectivity index (χ1) is 7.93. The van der Waals surface area contributed by atoms with Crippen LogP contribution in [0.5, 0.6) is 5.75 Å². The average molecular weight is 345 g/mol. The first-order valence-corrected chi connectivity index (χ1v) is 10.7. The molecule has 0 aliphatic heterocycles. The molecule has 0 atom stereocenters. The summed E-state index contributed by atoms with van der Waals surface area (Å²) in [7, 11) is 2.09. The molecule has 1 aromatic carbocycles. The maximum Gasteiger partial charge on any atom is 0.222 e. The molecule has 1 aromatic rings. The van der Waals surface area contributed by atoms with Gasteiger partial charge in [0.1, 0.15) is 5.75 Å². The number of nitrogens with zero attached hydrogens (tertiary/aromatic N) is 2. The average Bonchev–Trinajstić information content (AvgIpc) is 2.27. The van der Waals surface area contributed by atoms with Crippen LogP contribution >= 0.6 is 35.0 Å². The van der Waals surface area contributed by atoms with Gasteiger partial charge in [-0.15, -0.1) is 0 Å². The molecule has 0 bridgehead atoms. The summed E-state index contributed by atoms with van der Waals surface area (Å²) in [6, 6.07) is 7.30. The van der Waals surface area contributed by atoms with E-state index in [1.807, 2.05) is 12.1 Å². The number of hydrogen-bond donors (Lipinski definition) is 0. The lowest BCUT2D eigenvalue weighted by Crippen LogP contribution is -2.00. The number of benzene rings is 1. The number of halogens is 2. The van der Waals surface area contributed by atoms with E-state index < -0.39 is 4.89 Å². The van der Waals surface area contributed by atoms with Gasteiger partial charge in [0.2, 0.25) is 12.5 Å². The van der Waals surface area contributed by atoms with Crippen molar-refractivity contribution in [3.63, 3.8) is 0 Å². The molecule has 0 radical (unpaired) electrons.